The molecule has 0 fully saturated rings. The second-order valence-corrected chi connectivity index (χ2v) is 8.96. The number of aromatic nitrogens is 4. The number of hydrogen-bond donors (Lipinski definition) is 1. The van der Waals surface area contributed by atoms with Crippen LogP contribution in [0.4, 0.5) is 15.9 Å². The van der Waals surface area contributed by atoms with Crippen LogP contribution in [0.15, 0.2) is 60.0 Å². The van der Waals surface area contributed by atoms with Crippen LogP contribution in [0.5, 0.6) is 0 Å². The summed E-state index contributed by atoms with van der Waals surface area (Å²) in [7, 11) is -1.29. The molecule has 10 heteroatoms. The Balaban J connectivity index is 1.61. The number of hydrogen-bond acceptors (Lipinski definition) is 6. The third kappa shape index (κ3) is 3.62. The molecule has 1 aromatic carbocycles. The molecule has 1 atom stereocenters. The van der Waals surface area contributed by atoms with Crippen molar-refractivity contribution in [2.45, 2.75) is 24.5 Å². The average Bonchev–Trinajstić information content (AvgIpc) is 3.22. The van der Waals surface area contributed by atoms with E-state index in [1.54, 1.807) is 41.3 Å². The van der Waals surface area contributed by atoms with Gasteiger partial charge in [-0.3, -0.25) is 23.6 Å². The van der Waals surface area contributed by atoms with E-state index in [1.165, 1.54) is 23.2 Å². The highest BCUT2D eigenvalue weighted by atomic mass is 32.2. The standard InChI is InChI=1S/C22H19FN6O2S/c23-17-9-14(10-18-16(17)4-5-20(24)27-18)13-28(21(30)15-3-1-6-25-11-15)19-12-26-29-7-2-8-32(31)22(19)29/h1,3-6,9-12H,2,7-8,13H2,(H2,24,27). The van der Waals surface area contributed by atoms with Gasteiger partial charge in [0, 0.05) is 30.1 Å². The number of nitrogens with zero attached hydrogens (tertiary/aromatic N) is 5. The van der Waals surface area contributed by atoms with Gasteiger partial charge in [0.25, 0.3) is 5.91 Å². The number of amides is 1. The van der Waals surface area contributed by atoms with Gasteiger partial charge in [-0.15, -0.1) is 0 Å². The van der Waals surface area contributed by atoms with Crippen LogP contribution in [0.2, 0.25) is 0 Å². The molecule has 5 rings (SSSR count). The van der Waals surface area contributed by atoms with Crippen LogP contribution < -0.4 is 10.6 Å². The maximum atomic E-state index is 14.8. The van der Waals surface area contributed by atoms with Gasteiger partial charge < -0.3 is 5.73 Å². The van der Waals surface area contributed by atoms with E-state index in [0.717, 1.165) is 6.42 Å². The van der Waals surface area contributed by atoms with E-state index < -0.39 is 16.6 Å². The predicted octanol–water partition coefficient (Wildman–Crippen LogP) is 2.91. The molecule has 8 nitrogen and oxygen atoms in total. The van der Waals surface area contributed by atoms with Crippen molar-refractivity contribution in [3.05, 3.63) is 71.9 Å². The van der Waals surface area contributed by atoms with Crippen molar-refractivity contribution in [2.75, 3.05) is 16.4 Å². The lowest BCUT2D eigenvalue weighted by Gasteiger charge is -2.24. The predicted molar refractivity (Wildman–Crippen MR) is 119 cm³/mol. The van der Waals surface area contributed by atoms with E-state index in [0.29, 0.717) is 45.0 Å². The van der Waals surface area contributed by atoms with Gasteiger partial charge in [-0.2, -0.15) is 5.10 Å². The summed E-state index contributed by atoms with van der Waals surface area (Å²) in [5.41, 5.74) is 7.49. The van der Waals surface area contributed by atoms with Gasteiger partial charge in [-0.1, -0.05) is 0 Å². The summed E-state index contributed by atoms with van der Waals surface area (Å²) in [5.74, 6) is -0.0307. The highest BCUT2D eigenvalue weighted by Gasteiger charge is 2.29. The van der Waals surface area contributed by atoms with Gasteiger partial charge >= 0.3 is 0 Å². The summed E-state index contributed by atoms with van der Waals surface area (Å²) in [6.45, 7) is 0.663. The van der Waals surface area contributed by atoms with Crippen LogP contribution in [-0.2, 0) is 23.9 Å². The Morgan fingerprint density at radius 1 is 1.25 bits per heavy atom. The quantitative estimate of drug-likeness (QED) is 0.512. The third-order valence-corrected chi connectivity index (χ3v) is 6.82. The number of anilines is 2. The molecule has 1 aliphatic heterocycles. The second kappa shape index (κ2) is 8.12. The fourth-order valence-electron chi connectivity index (χ4n) is 3.83. The Morgan fingerprint density at radius 2 is 2.12 bits per heavy atom. The molecule has 1 unspecified atom stereocenters. The minimum atomic E-state index is -1.29. The van der Waals surface area contributed by atoms with Gasteiger partial charge in [0.15, 0.2) is 0 Å². The first-order valence-electron chi connectivity index (χ1n) is 10.0. The molecule has 4 heterocycles. The Kier molecular flexibility index (Phi) is 5.14. The van der Waals surface area contributed by atoms with Crippen molar-refractivity contribution in [3.63, 3.8) is 0 Å². The van der Waals surface area contributed by atoms with Crippen molar-refractivity contribution in [1.29, 1.82) is 0 Å². The molecule has 1 aliphatic rings. The number of carbonyl (C=O) groups is 1. The maximum Gasteiger partial charge on any atom is 0.260 e. The zero-order chi connectivity index (χ0) is 22.2. The van der Waals surface area contributed by atoms with Crippen LogP contribution in [-0.4, -0.2) is 35.6 Å². The maximum absolute atomic E-state index is 14.8. The second-order valence-electron chi connectivity index (χ2n) is 7.47. The number of carbonyl (C=O) groups excluding carboxylic acids is 1. The molecular weight excluding hydrogens is 431 g/mol. The van der Waals surface area contributed by atoms with Gasteiger partial charge in [0.1, 0.15) is 16.7 Å². The SMILES string of the molecule is Nc1ccc2c(F)cc(CN(C(=O)c3cccnc3)c3cnn4c3S(=O)CCC4)cc2n1. The molecule has 162 valence electrons. The first-order chi connectivity index (χ1) is 15.5. The average molecular weight is 450 g/mol. The van der Waals surface area contributed by atoms with E-state index in [4.69, 9.17) is 5.73 Å². The van der Waals surface area contributed by atoms with Gasteiger partial charge in [-0.25, -0.2) is 9.37 Å². The number of nitrogen functional groups attached to an aromatic ring is 1. The number of fused-ring (bicyclic) bond motifs is 2. The molecule has 2 N–H and O–H groups in total. The van der Waals surface area contributed by atoms with E-state index >= 15 is 0 Å². The summed E-state index contributed by atoms with van der Waals surface area (Å²) in [6.07, 6.45) is 5.33. The minimum absolute atomic E-state index is 0.0347. The summed E-state index contributed by atoms with van der Waals surface area (Å²) >= 11 is 0. The summed E-state index contributed by atoms with van der Waals surface area (Å²) in [5, 5.41) is 5.18. The molecule has 0 radical (unpaired) electrons. The number of rotatable bonds is 4. The Hall–Kier alpha value is -3.66. The summed E-state index contributed by atoms with van der Waals surface area (Å²) < 4.78 is 29.2. The smallest absolute Gasteiger partial charge is 0.260 e. The van der Waals surface area contributed by atoms with Gasteiger partial charge in [0.2, 0.25) is 0 Å². The zero-order valence-electron chi connectivity index (χ0n) is 16.9. The first kappa shape index (κ1) is 20.3. The number of halogens is 1. The lowest BCUT2D eigenvalue weighted by Crippen LogP contribution is -2.32. The molecule has 0 saturated carbocycles. The number of benzene rings is 1. The Labute approximate surface area is 185 Å². The number of aryl methyl sites for hydroxylation is 1. The van der Waals surface area contributed by atoms with E-state index in [9.17, 15) is 13.4 Å². The number of pyridine rings is 2. The van der Waals surface area contributed by atoms with Crippen LogP contribution in [0.1, 0.15) is 22.3 Å². The summed E-state index contributed by atoms with van der Waals surface area (Å²) in [4.78, 5) is 23.2. The minimum Gasteiger partial charge on any atom is -0.384 e. The topological polar surface area (TPSA) is 107 Å². The molecule has 0 aliphatic carbocycles. The zero-order valence-corrected chi connectivity index (χ0v) is 17.8. The largest absolute Gasteiger partial charge is 0.384 e. The molecule has 32 heavy (non-hydrogen) atoms. The van der Waals surface area contributed by atoms with Crippen LogP contribution in [0.25, 0.3) is 10.9 Å². The van der Waals surface area contributed by atoms with Crippen LogP contribution in [0.3, 0.4) is 0 Å². The molecule has 0 saturated heterocycles. The highest BCUT2D eigenvalue weighted by molar-refractivity contribution is 7.85. The van der Waals surface area contributed by atoms with Crippen molar-refractivity contribution >= 4 is 39.1 Å². The van der Waals surface area contributed by atoms with E-state index in [-0.39, 0.29) is 18.3 Å². The molecular formula is C22H19FN6O2S. The van der Waals surface area contributed by atoms with Crippen molar-refractivity contribution in [2.24, 2.45) is 0 Å². The Bertz CT molecular complexity index is 1360. The fraction of sp³-hybridized carbons (Fsp3) is 0.182. The highest BCUT2D eigenvalue weighted by Crippen LogP contribution is 2.31. The first-order valence-corrected chi connectivity index (χ1v) is 11.3. The Morgan fingerprint density at radius 3 is 2.94 bits per heavy atom. The van der Waals surface area contributed by atoms with Gasteiger partial charge in [0.05, 0.1) is 40.3 Å². The molecule has 3 aromatic heterocycles. The number of nitrogens with two attached hydrogens (primary N) is 1. The molecule has 4 aromatic rings. The van der Waals surface area contributed by atoms with Crippen molar-refractivity contribution in [3.8, 4) is 0 Å². The lowest BCUT2D eigenvalue weighted by molar-refractivity contribution is 0.0984. The molecule has 0 bridgehead atoms. The van der Waals surface area contributed by atoms with Crippen LogP contribution in [0, 0.1) is 5.82 Å². The normalized spacial score (nSPS) is 15.5. The monoisotopic (exact) mass is 450 g/mol. The van der Waals surface area contributed by atoms with E-state index in [1.807, 2.05) is 0 Å². The van der Waals surface area contributed by atoms with Crippen molar-refractivity contribution in [1.82, 2.24) is 19.7 Å². The fourth-order valence-corrected chi connectivity index (χ4v) is 5.19. The van der Waals surface area contributed by atoms with E-state index in [2.05, 4.69) is 15.1 Å². The lowest BCUT2D eigenvalue weighted by atomic mass is 10.1. The van der Waals surface area contributed by atoms with Crippen molar-refractivity contribution < 1.29 is 13.4 Å². The molecule has 0 spiro atoms. The summed E-state index contributed by atoms with van der Waals surface area (Å²) in [6, 6.07) is 9.50. The van der Waals surface area contributed by atoms with Crippen LogP contribution >= 0.6 is 0 Å². The molecule has 1 amide bonds. The van der Waals surface area contributed by atoms with Gasteiger partial charge in [-0.05, 0) is 48.4 Å². The third-order valence-electron chi connectivity index (χ3n) is 5.31.